The highest BCUT2D eigenvalue weighted by Crippen LogP contribution is 2.12. The van der Waals surface area contributed by atoms with Crippen molar-refractivity contribution in [2.75, 3.05) is 39.4 Å². The number of nitrogens with zero attached hydrogens (tertiary/aromatic N) is 1. The maximum atomic E-state index is 12.2. The van der Waals surface area contributed by atoms with E-state index in [1.807, 2.05) is 4.90 Å². The number of amides is 2. The van der Waals surface area contributed by atoms with Gasteiger partial charge in [0.05, 0.1) is 13.1 Å². The predicted octanol–water partition coefficient (Wildman–Crippen LogP) is -1.18. The predicted molar refractivity (Wildman–Crippen MR) is 78.6 cm³/mol. The maximum absolute atomic E-state index is 12.2. The number of nitrogens with two attached hydrogens (primary N) is 1. The molecule has 0 unspecified atom stereocenters. The fourth-order valence-corrected chi connectivity index (χ4v) is 2.99. The van der Waals surface area contributed by atoms with Crippen molar-refractivity contribution >= 4 is 11.8 Å². The maximum Gasteiger partial charge on any atom is 0.234 e. The van der Waals surface area contributed by atoms with Gasteiger partial charge >= 0.3 is 0 Å². The summed E-state index contributed by atoms with van der Waals surface area (Å²) in [5, 5.41) is 6.32. The van der Waals surface area contributed by atoms with E-state index in [0.717, 1.165) is 38.8 Å². The molecule has 2 rings (SSSR count). The molecule has 2 amide bonds. The van der Waals surface area contributed by atoms with E-state index in [9.17, 15) is 9.59 Å². The summed E-state index contributed by atoms with van der Waals surface area (Å²) in [7, 11) is 0. The monoisotopic (exact) mass is 298 g/mol. The summed E-state index contributed by atoms with van der Waals surface area (Å²) in [6, 6.07) is 0.439. The third-order valence-electron chi connectivity index (χ3n) is 4.12. The number of piperidine rings is 1. The molecule has 2 heterocycles. The number of carbonyl (C=O) groups excluding carboxylic acids is 2. The van der Waals surface area contributed by atoms with Gasteiger partial charge in [-0.1, -0.05) is 0 Å². The zero-order valence-corrected chi connectivity index (χ0v) is 12.5. The summed E-state index contributed by atoms with van der Waals surface area (Å²) in [5.41, 5.74) is 5.32. The van der Waals surface area contributed by atoms with Gasteiger partial charge in [0.2, 0.25) is 11.8 Å². The molecule has 0 atom stereocenters. The molecule has 0 aliphatic carbocycles. The van der Waals surface area contributed by atoms with Crippen LogP contribution in [0.2, 0.25) is 0 Å². The fraction of sp³-hybridized carbons (Fsp3) is 0.857. The van der Waals surface area contributed by atoms with E-state index in [4.69, 9.17) is 10.5 Å². The quantitative estimate of drug-likeness (QED) is 0.574. The van der Waals surface area contributed by atoms with Gasteiger partial charge in [-0.3, -0.25) is 14.5 Å². The van der Waals surface area contributed by atoms with Crippen LogP contribution in [0.15, 0.2) is 0 Å². The second-order valence-electron chi connectivity index (χ2n) is 5.81. The molecule has 0 radical (unpaired) electrons. The van der Waals surface area contributed by atoms with Crippen LogP contribution in [-0.4, -0.2) is 68.2 Å². The Kier molecular flexibility index (Phi) is 6.41. The molecule has 0 spiro atoms. The molecule has 2 saturated heterocycles. The van der Waals surface area contributed by atoms with Crippen LogP contribution in [0.3, 0.4) is 0 Å². The van der Waals surface area contributed by atoms with Crippen molar-refractivity contribution in [3.63, 3.8) is 0 Å². The van der Waals surface area contributed by atoms with Gasteiger partial charge in [0.15, 0.2) is 0 Å². The van der Waals surface area contributed by atoms with Crippen LogP contribution in [-0.2, 0) is 14.3 Å². The fourth-order valence-electron chi connectivity index (χ4n) is 2.99. The van der Waals surface area contributed by atoms with E-state index in [1.54, 1.807) is 0 Å². The summed E-state index contributed by atoms with van der Waals surface area (Å²) < 4.78 is 5.28. The van der Waals surface area contributed by atoms with Gasteiger partial charge in [-0.05, 0) is 38.8 Å². The molecule has 0 saturated carbocycles. The summed E-state index contributed by atoms with van der Waals surface area (Å²) in [6.45, 7) is 3.62. The average Bonchev–Trinajstić information content (AvgIpc) is 2.48. The van der Waals surface area contributed by atoms with Crippen molar-refractivity contribution in [3.8, 4) is 0 Å². The Bertz CT molecular complexity index is 352. The second kappa shape index (κ2) is 8.31. The van der Waals surface area contributed by atoms with Gasteiger partial charge in [0, 0.05) is 25.3 Å². The highest BCUT2D eigenvalue weighted by Gasteiger charge is 2.25. The minimum absolute atomic E-state index is 0.0262. The lowest BCUT2D eigenvalue weighted by Crippen LogP contribution is -2.51. The Morgan fingerprint density at radius 2 is 1.81 bits per heavy atom. The number of nitrogens with one attached hydrogen (secondary N) is 2. The zero-order chi connectivity index (χ0) is 15.1. The van der Waals surface area contributed by atoms with E-state index < -0.39 is 0 Å². The number of hydrogen-bond acceptors (Lipinski definition) is 5. The number of ether oxygens (including phenoxy) is 1. The average molecular weight is 298 g/mol. The molecular formula is C14H26N4O3. The Labute approximate surface area is 125 Å². The number of carbonyl (C=O) groups is 2. The summed E-state index contributed by atoms with van der Waals surface area (Å²) in [5.74, 6) is -0.408. The number of rotatable bonds is 6. The van der Waals surface area contributed by atoms with E-state index in [0.29, 0.717) is 13.2 Å². The van der Waals surface area contributed by atoms with Gasteiger partial charge in [0.25, 0.3) is 0 Å². The highest BCUT2D eigenvalue weighted by molar-refractivity contribution is 5.80. The van der Waals surface area contributed by atoms with Crippen LogP contribution in [0.4, 0.5) is 0 Å². The Morgan fingerprint density at radius 1 is 1.14 bits per heavy atom. The van der Waals surface area contributed by atoms with Gasteiger partial charge in [0.1, 0.15) is 0 Å². The molecule has 7 heteroatoms. The highest BCUT2D eigenvalue weighted by atomic mass is 16.5. The minimum Gasteiger partial charge on any atom is -0.381 e. The van der Waals surface area contributed by atoms with E-state index >= 15 is 0 Å². The Morgan fingerprint density at radius 3 is 2.43 bits per heavy atom. The molecule has 21 heavy (non-hydrogen) atoms. The summed E-state index contributed by atoms with van der Waals surface area (Å²) in [6.07, 6.45) is 3.60. The van der Waals surface area contributed by atoms with Crippen LogP contribution >= 0.6 is 0 Å². The molecule has 2 aliphatic heterocycles. The van der Waals surface area contributed by atoms with Crippen molar-refractivity contribution in [2.24, 2.45) is 5.73 Å². The van der Waals surface area contributed by atoms with Crippen molar-refractivity contribution in [1.29, 1.82) is 0 Å². The lowest BCUT2D eigenvalue weighted by atomic mass is 10.0. The van der Waals surface area contributed by atoms with E-state index in [2.05, 4.69) is 10.6 Å². The first-order chi connectivity index (χ1) is 10.1. The molecule has 2 fully saturated rings. The molecule has 7 nitrogen and oxygen atoms in total. The molecule has 2 aliphatic rings. The molecule has 0 bridgehead atoms. The van der Waals surface area contributed by atoms with Crippen LogP contribution in [0, 0.1) is 0 Å². The Hall–Kier alpha value is -1.18. The number of hydrogen-bond donors (Lipinski definition) is 3. The van der Waals surface area contributed by atoms with E-state index in [-0.39, 0.29) is 37.0 Å². The van der Waals surface area contributed by atoms with Gasteiger partial charge in [-0.25, -0.2) is 0 Å². The molecule has 0 aromatic heterocycles. The number of primary amides is 1. The first-order valence-corrected chi connectivity index (χ1v) is 7.75. The van der Waals surface area contributed by atoms with E-state index in [1.165, 1.54) is 0 Å². The topological polar surface area (TPSA) is 96.7 Å². The molecule has 0 aromatic rings. The SMILES string of the molecule is NC(=O)CN(CC(=O)NC1CCOCC1)C1CCNCC1. The van der Waals surface area contributed by atoms with Gasteiger partial charge in [-0.2, -0.15) is 0 Å². The molecular weight excluding hydrogens is 272 g/mol. The summed E-state index contributed by atoms with van der Waals surface area (Å²) in [4.78, 5) is 25.3. The van der Waals surface area contributed by atoms with Crippen LogP contribution < -0.4 is 16.4 Å². The van der Waals surface area contributed by atoms with Crippen molar-refractivity contribution in [2.45, 2.75) is 37.8 Å². The van der Waals surface area contributed by atoms with Crippen LogP contribution in [0.1, 0.15) is 25.7 Å². The van der Waals surface area contributed by atoms with Gasteiger partial charge < -0.3 is 21.1 Å². The Balaban J connectivity index is 1.84. The lowest BCUT2D eigenvalue weighted by molar-refractivity contribution is -0.126. The first kappa shape index (κ1) is 16.2. The molecule has 0 aromatic carbocycles. The van der Waals surface area contributed by atoms with Gasteiger partial charge in [-0.15, -0.1) is 0 Å². The van der Waals surface area contributed by atoms with Crippen molar-refractivity contribution < 1.29 is 14.3 Å². The largest absolute Gasteiger partial charge is 0.381 e. The second-order valence-corrected chi connectivity index (χ2v) is 5.81. The normalized spacial score (nSPS) is 21.4. The molecule has 120 valence electrons. The zero-order valence-electron chi connectivity index (χ0n) is 12.5. The molecule has 4 N–H and O–H groups in total. The standard InChI is InChI=1S/C14H26N4O3/c15-13(19)9-18(12-1-5-16-6-2-12)10-14(20)17-11-3-7-21-8-4-11/h11-12,16H,1-10H2,(H2,15,19)(H,17,20). The third-order valence-corrected chi connectivity index (χ3v) is 4.12. The summed E-state index contributed by atoms with van der Waals surface area (Å²) >= 11 is 0. The third kappa shape index (κ3) is 5.61. The first-order valence-electron chi connectivity index (χ1n) is 7.75. The van der Waals surface area contributed by atoms with Crippen molar-refractivity contribution in [1.82, 2.24) is 15.5 Å². The lowest BCUT2D eigenvalue weighted by Gasteiger charge is -2.34. The van der Waals surface area contributed by atoms with Crippen LogP contribution in [0.25, 0.3) is 0 Å². The minimum atomic E-state index is -0.382. The smallest absolute Gasteiger partial charge is 0.234 e. The van der Waals surface area contributed by atoms with Crippen molar-refractivity contribution in [3.05, 3.63) is 0 Å². The van der Waals surface area contributed by atoms with Crippen LogP contribution in [0.5, 0.6) is 0 Å².